The molecule has 2 saturated heterocycles. The van der Waals surface area contributed by atoms with Gasteiger partial charge in [-0.15, -0.1) is 0 Å². The number of hydrogen-bond acceptors (Lipinski definition) is 7. The SMILES string of the molecule is CNc1nc(C2CCCCN2C(=O)CCN2CCOCC2)nc2c1CCN(C(C)=O)C2. The molecule has 1 atom stereocenters. The maximum absolute atomic E-state index is 13.2. The molecule has 9 heteroatoms. The molecular weight excluding hydrogens is 396 g/mol. The number of morpholine rings is 1. The lowest BCUT2D eigenvalue weighted by molar-refractivity contribution is -0.136. The zero-order chi connectivity index (χ0) is 21.8. The van der Waals surface area contributed by atoms with Crippen LogP contribution in [-0.2, 0) is 27.3 Å². The smallest absolute Gasteiger partial charge is 0.224 e. The average molecular weight is 431 g/mol. The first-order valence-electron chi connectivity index (χ1n) is 11.5. The molecule has 31 heavy (non-hydrogen) atoms. The number of aromatic nitrogens is 2. The molecule has 0 spiro atoms. The van der Waals surface area contributed by atoms with Crippen LogP contribution in [0.4, 0.5) is 5.82 Å². The molecule has 4 rings (SSSR count). The Bertz CT molecular complexity index is 811. The Morgan fingerprint density at radius 1 is 1.13 bits per heavy atom. The van der Waals surface area contributed by atoms with Crippen molar-refractivity contribution in [1.82, 2.24) is 24.7 Å². The van der Waals surface area contributed by atoms with Crippen molar-refractivity contribution in [2.75, 3.05) is 58.3 Å². The first-order chi connectivity index (χ1) is 15.1. The third-order valence-corrected chi connectivity index (χ3v) is 6.63. The molecule has 1 aromatic heterocycles. The molecule has 3 aliphatic rings. The van der Waals surface area contributed by atoms with Crippen molar-refractivity contribution < 1.29 is 14.3 Å². The number of fused-ring (bicyclic) bond motifs is 1. The van der Waals surface area contributed by atoms with Crippen LogP contribution in [0.1, 0.15) is 55.7 Å². The Hall–Kier alpha value is -2.26. The van der Waals surface area contributed by atoms with Gasteiger partial charge >= 0.3 is 0 Å². The van der Waals surface area contributed by atoms with Crippen LogP contribution >= 0.6 is 0 Å². The van der Waals surface area contributed by atoms with E-state index in [9.17, 15) is 9.59 Å². The molecule has 170 valence electrons. The monoisotopic (exact) mass is 430 g/mol. The number of ether oxygens (including phenoxy) is 1. The van der Waals surface area contributed by atoms with Crippen molar-refractivity contribution in [1.29, 1.82) is 0 Å². The summed E-state index contributed by atoms with van der Waals surface area (Å²) in [5.74, 6) is 1.77. The molecule has 2 fully saturated rings. The van der Waals surface area contributed by atoms with Crippen molar-refractivity contribution >= 4 is 17.6 Å². The van der Waals surface area contributed by atoms with E-state index in [-0.39, 0.29) is 17.9 Å². The molecule has 1 aromatic rings. The summed E-state index contributed by atoms with van der Waals surface area (Å²) < 4.78 is 5.40. The van der Waals surface area contributed by atoms with Crippen LogP contribution in [0.3, 0.4) is 0 Å². The summed E-state index contributed by atoms with van der Waals surface area (Å²) in [6.45, 7) is 7.59. The van der Waals surface area contributed by atoms with Crippen LogP contribution in [-0.4, -0.2) is 89.5 Å². The zero-order valence-corrected chi connectivity index (χ0v) is 18.7. The number of anilines is 1. The molecule has 0 bridgehead atoms. The lowest BCUT2D eigenvalue weighted by Crippen LogP contribution is -2.43. The van der Waals surface area contributed by atoms with E-state index in [4.69, 9.17) is 14.7 Å². The number of rotatable bonds is 5. The van der Waals surface area contributed by atoms with Crippen LogP contribution in [0.5, 0.6) is 0 Å². The predicted octanol–water partition coefficient (Wildman–Crippen LogP) is 1.20. The summed E-state index contributed by atoms with van der Waals surface area (Å²) in [7, 11) is 1.87. The quantitative estimate of drug-likeness (QED) is 0.751. The average Bonchev–Trinajstić information content (AvgIpc) is 2.82. The highest BCUT2D eigenvalue weighted by atomic mass is 16.5. The molecular formula is C22H34N6O3. The maximum atomic E-state index is 13.2. The Kier molecular flexibility index (Phi) is 7.02. The standard InChI is InChI=1S/C22H34N6O3/c1-16(29)27-10-6-17-18(15-27)24-22(25-21(17)23-2)19-5-3-4-8-28(19)20(30)7-9-26-11-13-31-14-12-26/h19H,3-15H2,1-2H3,(H,23,24,25). The topological polar surface area (TPSA) is 90.9 Å². The second-order valence-corrected chi connectivity index (χ2v) is 8.60. The van der Waals surface area contributed by atoms with E-state index >= 15 is 0 Å². The van der Waals surface area contributed by atoms with Gasteiger partial charge in [-0.1, -0.05) is 0 Å². The van der Waals surface area contributed by atoms with Crippen LogP contribution in [0.2, 0.25) is 0 Å². The summed E-state index contributed by atoms with van der Waals surface area (Å²) in [6, 6.07) is -0.101. The Morgan fingerprint density at radius 2 is 1.94 bits per heavy atom. The fourth-order valence-electron chi connectivity index (χ4n) is 4.79. The predicted molar refractivity (Wildman–Crippen MR) is 117 cm³/mol. The summed E-state index contributed by atoms with van der Waals surface area (Å²) in [4.78, 5) is 40.9. The second kappa shape index (κ2) is 9.91. The van der Waals surface area contributed by atoms with E-state index in [1.807, 2.05) is 16.8 Å². The van der Waals surface area contributed by atoms with Gasteiger partial charge in [-0.2, -0.15) is 0 Å². The Labute approximate surface area is 184 Å². The van der Waals surface area contributed by atoms with Gasteiger partial charge in [0.15, 0.2) is 5.82 Å². The third-order valence-electron chi connectivity index (χ3n) is 6.63. The van der Waals surface area contributed by atoms with Crippen molar-refractivity contribution in [2.24, 2.45) is 0 Å². The summed E-state index contributed by atoms with van der Waals surface area (Å²) in [5, 5.41) is 3.21. The van der Waals surface area contributed by atoms with Crippen LogP contribution in [0.25, 0.3) is 0 Å². The minimum absolute atomic E-state index is 0.0643. The van der Waals surface area contributed by atoms with E-state index in [0.717, 1.165) is 82.2 Å². The highest BCUT2D eigenvalue weighted by molar-refractivity contribution is 5.77. The summed E-state index contributed by atoms with van der Waals surface area (Å²) in [5.41, 5.74) is 1.99. The van der Waals surface area contributed by atoms with Crippen molar-refractivity contribution in [2.45, 2.75) is 51.6 Å². The van der Waals surface area contributed by atoms with Gasteiger partial charge in [-0.25, -0.2) is 9.97 Å². The van der Waals surface area contributed by atoms with Gasteiger partial charge in [-0.3, -0.25) is 14.5 Å². The number of amides is 2. The number of nitrogens with one attached hydrogen (secondary N) is 1. The number of piperidine rings is 1. The van der Waals surface area contributed by atoms with E-state index in [1.165, 1.54) is 0 Å². The highest BCUT2D eigenvalue weighted by Crippen LogP contribution is 2.32. The van der Waals surface area contributed by atoms with E-state index in [2.05, 4.69) is 10.2 Å². The van der Waals surface area contributed by atoms with Crippen LogP contribution in [0, 0.1) is 0 Å². The summed E-state index contributed by atoms with van der Waals surface area (Å²) >= 11 is 0. The normalized spacial score (nSPS) is 22.2. The summed E-state index contributed by atoms with van der Waals surface area (Å²) in [6.07, 6.45) is 4.22. The lowest BCUT2D eigenvalue weighted by Gasteiger charge is -2.36. The lowest BCUT2D eigenvalue weighted by atomic mass is 9.99. The van der Waals surface area contributed by atoms with Gasteiger partial charge in [0.25, 0.3) is 0 Å². The Balaban J connectivity index is 1.52. The molecule has 1 unspecified atom stereocenters. The number of hydrogen-bond donors (Lipinski definition) is 1. The van der Waals surface area contributed by atoms with E-state index < -0.39 is 0 Å². The van der Waals surface area contributed by atoms with Gasteiger partial charge in [0.05, 0.1) is 31.5 Å². The van der Waals surface area contributed by atoms with Crippen molar-refractivity contribution in [3.8, 4) is 0 Å². The van der Waals surface area contributed by atoms with Gasteiger partial charge in [0, 0.05) is 58.7 Å². The molecule has 1 N–H and O–H groups in total. The minimum Gasteiger partial charge on any atom is -0.379 e. The van der Waals surface area contributed by atoms with Gasteiger partial charge < -0.3 is 19.9 Å². The molecule has 0 saturated carbocycles. The number of carbonyl (C=O) groups excluding carboxylic acids is 2. The van der Waals surface area contributed by atoms with Gasteiger partial charge in [0.2, 0.25) is 11.8 Å². The Morgan fingerprint density at radius 3 is 2.68 bits per heavy atom. The van der Waals surface area contributed by atoms with E-state index in [0.29, 0.717) is 25.3 Å². The van der Waals surface area contributed by atoms with Gasteiger partial charge in [-0.05, 0) is 25.7 Å². The first kappa shape index (κ1) is 22.0. The molecule has 3 aliphatic heterocycles. The number of carbonyl (C=O) groups is 2. The van der Waals surface area contributed by atoms with E-state index in [1.54, 1.807) is 6.92 Å². The zero-order valence-electron chi connectivity index (χ0n) is 18.7. The molecule has 0 radical (unpaired) electrons. The molecule has 4 heterocycles. The molecule has 0 aliphatic carbocycles. The molecule has 2 amide bonds. The van der Waals surface area contributed by atoms with Crippen LogP contribution in [0.15, 0.2) is 0 Å². The fraction of sp³-hybridized carbons (Fsp3) is 0.727. The molecule has 0 aromatic carbocycles. The second-order valence-electron chi connectivity index (χ2n) is 8.60. The van der Waals surface area contributed by atoms with Crippen molar-refractivity contribution in [3.05, 3.63) is 17.1 Å². The molecule has 9 nitrogen and oxygen atoms in total. The first-order valence-corrected chi connectivity index (χ1v) is 11.5. The maximum Gasteiger partial charge on any atom is 0.224 e. The number of nitrogens with zero attached hydrogens (tertiary/aromatic N) is 5. The van der Waals surface area contributed by atoms with Crippen LogP contribution < -0.4 is 5.32 Å². The fourth-order valence-corrected chi connectivity index (χ4v) is 4.79. The number of likely N-dealkylation sites (tertiary alicyclic amines) is 1. The van der Waals surface area contributed by atoms with Crippen molar-refractivity contribution in [3.63, 3.8) is 0 Å². The highest BCUT2D eigenvalue weighted by Gasteiger charge is 2.32. The minimum atomic E-state index is -0.101. The van der Waals surface area contributed by atoms with Gasteiger partial charge in [0.1, 0.15) is 5.82 Å². The largest absolute Gasteiger partial charge is 0.379 e. The third kappa shape index (κ3) is 4.98.